The number of hydrogen-bond acceptors (Lipinski definition) is 6. The first-order valence-electron chi connectivity index (χ1n) is 9.91. The van der Waals surface area contributed by atoms with E-state index in [1.807, 2.05) is 17.8 Å². The molecule has 2 aromatic heterocycles. The summed E-state index contributed by atoms with van der Waals surface area (Å²) in [5, 5.41) is 16.3. The molecule has 6 heteroatoms. The highest BCUT2D eigenvalue weighted by Crippen LogP contribution is 2.64. The minimum absolute atomic E-state index is 0.239. The molecule has 1 saturated carbocycles. The molecule has 0 saturated heterocycles. The number of rotatable bonds is 3. The number of aromatic nitrogens is 2. The Hall–Kier alpha value is -2.15. The van der Waals surface area contributed by atoms with Crippen LogP contribution in [0.1, 0.15) is 32.3 Å². The fourth-order valence-electron chi connectivity index (χ4n) is 4.64. The van der Waals surface area contributed by atoms with Gasteiger partial charge in [-0.1, -0.05) is 0 Å². The Morgan fingerprint density at radius 1 is 1.07 bits per heavy atom. The summed E-state index contributed by atoms with van der Waals surface area (Å²) in [4.78, 5) is 10.2. The summed E-state index contributed by atoms with van der Waals surface area (Å²) in [6.07, 6.45) is 4.04. The molecule has 1 aliphatic carbocycles. The maximum absolute atomic E-state index is 11.7. The van der Waals surface area contributed by atoms with Crippen molar-refractivity contribution in [2.24, 2.45) is 5.92 Å². The van der Waals surface area contributed by atoms with E-state index in [2.05, 4.69) is 59.5 Å². The number of anilines is 2. The number of benzene rings is 2. The normalized spacial score (nSPS) is 22.9. The predicted octanol–water partition coefficient (Wildman–Crippen LogP) is 6.07. The van der Waals surface area contributed by atoms with E-state index in [-0.39, 0.29) is 4.75 Å². The topological polar surface area (TPSA) is 58.0 Å². The quantitative estimate of drug-likeness (QED) is 0.422. The fraction of sp³-hybridized carbons (Fsp3) is 0.304. The average Bonchev–Trinajstić information content (AvgIpc) is 3.41. The zero-order valence-corrected chi connectivity index (χ0v) is 17.9. The molecule has 146 valence electrons. The molecule has 2 N–H and O–H groups in total. The Labute approximate surface area is 177 Å². The molecular formula is C23H21N3OS2. The summed E-state index contributed by atoms with van der Waals surface area (Å²) in [7, 11) is 0. The van der Waals surface area contributed by atoms with E-state index in [9.17, 15) is 5.11 Å². The molecule has 0 amide bonds. The van der Waals surface area contributed by atoms with Crippen LogP contribution in [0.2, 0.25) is 0 Å². The van der Waals surface area contributed by atoms with Gasteiger partial charge in [0.15, 0.2) is 0 Å². The summed E-state index contributed by atoms with van der Waals surface area (Å²) in [5.41, 5.74) is 6.11. The molecule has 29 heavy (non-hydrogen) atoms. The molecule has 2 aromatic carbocycles. The van der Waals surface area contributed by atoms with E-state index in [4.69, 9.17) is 0 Å². The molecule has 1 fully saturated rings. The lowest BCUT2D eigenvalue weighted by molar-refractivity contribution is -0.0136. The van der Waals surface area contributed by atoms with Crippen LogP contribution in [0.5, 0.6) is 0 Å². The van der Waals surface area contributed by atoms with Gasteiger partial charge >= 0.3 is 0 Å². The van der Waals surface area contributed by atoms with Crippen molar-refractivity contribution in [3.63, 3.8) is 0 Å². The number of hydrogen-bond donors (Lipinski definition) is 2. The van der Waals surface area contributed by atoms with Crippen molar-refractivity contribution in [1.82, 2.24) is 9.97 Å². The molecule has 4 nitrogen and oxygen atoms in total. The molecule has 0 bridgehead atoms. The SMILES string of the molecule is CC1(C)Sc2cc3c(Nc4ccc5scnc5c4)ccnc3cc2C1(O)C1CC1. The van der Waals surface area contributed by atoms with Gasteiger partial charge in [-0.15, -0.1) is 23.1 Å². The van der Waals surface area contributed by atoms with Crippen molar-refractivity contribution in [3.05, 3.63) is 53.7 Å². The number of thiazole rings is 1. The van der Waals surface area contributed by atoms with Gasteiger partial charge in [-0.25, -0.2) is 4.98 Å². The molecule has 1 unspecified atom stereocenters. The van der Waals surface area contributed by atoms with E-state index in [0.29, 0.717) is 5.92 Å². The molecule has 3 heterocycles. The van der Waals surface area contributed by atoms with E-state index in [1.165, 1.54) is 9.60 Å². The molecule has 0 spiro atoms. The van der Waals surface area contributed by atoms with Gasteiger partial charge in [-0.3, -0.25) is 4.98 Å². The largest absolute Gasteiger partial charge is 0.383 e. The number of nitrogens with one attached hydrogen (secondary N) is 1. The van der Waals surface area contributed by atoms with Gasteiger partial charge in [0, 0.05) is 38.2 Å². The maximum atomic E-state index is 11.7. The second kappa shape index (κ2) is 5.94. The lowest BCUT2D eigenvalue weighted by atomic mass is 9.79. The molecule has 2 aliphatic rings. The zero-order valence-electron chi connectivity index (χ0n) is 16.3. The summed E-state index contributed by atoms with van der Waals surface area (Å²) >= 11 is 3.44. The van der Waals surface area contributed by atoms with Crippen molar-refractivity contribution in [2.45, 2.75) is 41.9 Å². The molecule has 6 rings (SSSR count). The molecule has 1 aliphatic heterocycles. The van der Waals surface area contributed by atoms with Gasteiger partial charge in [-0.05, 0) is 69.0 Å². The first-order valence-corrected chi connectivity index (χ1v) is 11.6. The summed E-state index contributed by atoms with van der Waals surface area (Å²) in [6.45, 7) is 4.33. The van der Waals surface area contributed by atoms with Crippen molar-refractivity contribution in [1.29, 1.82) is 0 Å². The summed E-state index contributed by atoms with van der Waals surface area (Å²) in [5.74, 6) is 0.356. The zero-order chi connectivity index (χ0) is 19.8. The van der Waals surface area contributed by atoms with Crippen LogP contribution in [0.15, 0.2) is 53.0 Å². The highest BCUT2D eigenvalue weighted by molar-refractivity contribution is 8.01. The van der Waals surface area contributed by atoms with Crippen molar-refractivity contribution < 1.29 is 5.11 Å². The minimum Gasteiger partial charge on any atom is -0.383 e. The molecule has 4 aromatic rings. The van der Waals surface area contributed by atoms with Gasteiger partial charge in [0.1, 0.15) is 5.60 Å². The molecule has 1 atom stereocenters. The summed E-state index contributed by atoms with van der Waals surface area (Å²) < 4.78 is 0.947. The van der Waals surface area contributed by atoms with E-state index in [0.717, 1.165) is 46.2 Å². The Kier molecular flexibility index (Phi) is 3.62. The number of aliphatic hydroxyl groups is 1. The number of pyridine rings is 1. The fourth-order valence-corrected chi connectivity index (χ4v) is 6.79. The lowest BCUT2D eigenvalue weighted by Crippen LogP contribution is -2.43. The minimum atomic E-state index is -0.776. The number of fused-ring (bicyclic) bond motifs is 3. The van der Waals surface area contributed by atoms with E-state index in [1.54, 1.807) is 23.1 Å². The number of thioether (sulfide) groups is 1. The van der Waals surface area contributed by atoms with Crippen LogP contribution in [0, 0.1) is 5.92 Å². The third kappa shape index (κ3) is 2.56. The van der Waals surface area contributed by atoms with Crippen LogP contribution in [-0.4, -0.2) is 19.8 Å². The van der Waals surface area contributed by atoms with Crippen molar-refractivity contribution in [3.8, 4) is 0 Å². The second-order valence-corrected chi connectivity index (χ2v) is 11.1. The number of nitrogens with zero attached hydrogens (tertiary/aromatic N) is 2. The van der Waals surface area contributed by atoms with Crippen LogP contribution < -0.4 is 5.32 Å². The Morgan fingerprint density at radius 2 is 1.93 bits per heavy atom. The second-order valence-electron chi connectivity index (χ2n) is 8.54. The third-order valence-corrected chi connectivity index (χ3v) is 8.50. The van der Waals surface area contributed by atoms with E-state index >= 15 is 0 Å². The van der Waals surface area contributed by atoms with Gasteiger partial charge < -0.3 is 10.4 Å². The average molecular weight is 420 g/mol. The molecular weight excluding hydrogens is 398 g/mol. The van der Waals surface area contributed by atoms with Gasteiger partial charge in [0.05, 0.1) is 21.2 Å². The smallest absolute Gasteiger partial charge is 0.108 e. The van der Waals surface area contributed by atoms with Crippen LogP contribution in [0.3, 0.4) is 0 Å². The summed E-state index contributed by atoms with van der Waals surface area (Å²) in [6, 6.07) is 12.6. The highest BCUT2D eigenvalue weighted by atomic mass is 32.2. The highest BCUT2D eigenvalue weighted by Gasteiger charge is 2.59. The van der Waals surface area contributed by atoms with E-state index < -0.39 is 5.60 Å². The lowest BCUT2D eigenvalue weighted by Gasteiger charge is -2.36. The Bertz CT molecular complexity index is 1280. The van der Waals surface area contributed by atoms with Crippen LogP contribution in [0.4, 0.5) is 11.4 Å². The first kappa shape index (κ1) is 17.7. The first-order chi connectivity index (χ1) is 14.0. The monoisotopic (exact) mass is 419 g/mol. The van der Waals surface area contributed by atoms with Gasteiger partial charge in [-0.2, -0.15) is 0 Å². The predicted molar refractivity (Wildman–Crippen MR) is 121 cm³/mol. The van der Waals surface area contributed by atoms with Gasteiger partial charge in [0.2, 0.25) is 0 Å². The van der Waals surface area contributed by atoms with Crippen LogP contribution >= 0.6 is 23.1 Å². The third-order valence-electron chi connectivity index (χ3n) is 6.31. The van der Waals surface area contributed by atoms with Crippen LogP contribution in [-0.2, 0) is 5.60 Å². The standard InChI is InChI=1S/C23H21N3OS2/c1-22(2)23(27,13-3-4-13)16-11-18-15(10-21(16)29-22)17(7-8-24-18)26-14-5-6-20-19(9-14)25-12-28-20/h5-13,27H,3-4H2,1-2H3,(H,24,26). The Morgan fingerprint density at radius 3 is 2.76 bits per heavy atom. The maximum Gasteiger partial charge on any atom is 0.108 e. The van der Waals surface area contributed by atoms with Crippen LogP contribution in [0.25, 0.3) is 21.1 Å². The molecule has 0 radical (unpaired) electrons. The van der Waals surface area contributed by atoms with Gasteiger partial charge in [0.25, 0.3) is 0 Å². The van der Waals surface area contributed by atoms with Crippen molar-refractivity contribution >= 4 is 55.6 Å². The van der Waals surface area contributed by atoms with Crippen molar-refractivity contribution in [2.75, 3.05) is 5.32 Å². The Balaban J connectivity index is 1.47.